The molecule has 4 nitrogen and oxygen atoms in total. The highest BCUT2D eigenvalue weighted by atomic mass is 16.6. The predicted molar refractivity (Wildman–Crippen MR) is 93.4 cm³/mol. The second-order valence-corrected chi connectivity index (χ2v) is 5.96. The van der Waals surface area contributed by atoms with E-state index < -0.39 is 0 Å². The normalized spacial score (nSPS) is 16.9. The van der Waals surface area contributed by atoms with Gasteiger partial charge in [0.05, 0.1) is 4.92 Å². The van der Waals surface area contributed by atoms with Crippen molar-refractivity contribution >= 4 is 17.1 Å². The first-order valence-electron chi connectivity index (χ1n) is 7.93. The van der Waals surface area contributed by atoms with Crippen LogP contribution in [0.4, 0.5) is 11.4 Å². The summed E-state index contributed by atoms with van der Waals surface area (Å²) in [4.78, 5) is 10.8. The zero-order chi connectivity index (χ0) is 16.4. The van der Waals surface area contributed by atoms with Crippen molar-refractivity contribution in [3.8, 4) is 0 Å². The summed E-state index contributed by atoms with van der Waals surface area (Å²) in [5.41, 5.74) is 5.61. The summed E-state index contributed by atoms with van der Waals surface area (Å²) in [6, 6.07) is 15.2. The zero-order valence-electron chi connectivity index (χ0n) is 13.4. The maximum atomic E-state index is 11.2. The number of non-ortho nitro benzene ring substituents is 1. The molecule has 0 heterocycles. The Hall–Kier alpha value is -2.62. The molecule has 0 spiro atoms. The molecule has 0 saturated carbocycles. The van der Waals surface area contributed by atoms with E-state index in [1.54, 1.807) is 12.1 Å². The molecule has 0 radical (unpaired) electrons. The van der Waals surface area contributed by atoms with E-state index in [0.717, 1.165) is 29.8 Å². The highest BCUT2D eigenvalue weighted by Gasteiger charge is 2.25. The summed E-state index contributed by atoms with van der Waals surface area (Å²) in [7, 11) is 0. The molecule has 0 aliphatic heterocycles. The number of benzene rings is 2. The SMILES string of the molecule is CCC1=C(Nc2ccccc2)c2cc([N+](=O)[O-])ccc2C(C)C1. The number of hydrogen-bond donors (Lipinski definition) is 1. The van der Waals surface area contributed by atoms with Gasteiger partial charge >= 0.3 is 0 Å². The number of rotatable bonds is 4. The monoisotopic (exact) mass is 308 g/mol. The largest absolute Gasteiger partial charge is 0.355 e. The molecule has 1 unspecified atom stereocenters. The highest BCUT2D eigenvalue weighted by molar-refractivity contribution is 5.83. The summed E-state index contributed by atoms with van der Waals surface area (Å²) in [5, 5.41) is 14.6. The summed E-state index contributed by atoms with van der Waals surface area (Å²) in [6.45, 7) is 4.32. The van der Waals surface area contributed by atoms with E-state index in [0.29, 0.717) is 5.92 Å². The molecule has 2 aromatic rings. The lowest BCUT2D eigenvalue weighted by Crippen LogP contribution is -2.14. The standard InChI is InChI=1S/C19H20N2O2/c1-3-14-11-13(2)17-10-9-16(21(22)23)12-18(17)19(14)20-15-7-5-4-6-8-15/h4-10,12-13,20H,3,11H2,1-2H3. The lowest BCUT2D eigenvalue weighted by atomic mass is 9.81. The van der Waals surface area contributed by atoms with Gasteiger partial charge in [0.25, 0.3) is 5.69 Å². The summed E-state index contributed by atoms with van der Waals surface area (Å²) >= 11 is 0. The topological polar surface area (TPSA) is 55.2 Å². The molecular formula is C19H20N2O2. The number of nitrogens with zero attached hydrogens (tertiary/aromatic N) is 1. The predicted octanol–water partition coefficient (Wildman–Crippen LogP) is 5.34. The summed E-state index contributed by atoms with van der Waals surface area (Å²) < 4.78 is 0. The third-order valence-electron chi connectivity index (χ3n) is 4.42. The Labute approximate surface area is 136 Å². The van der Waals surface area contributed by atoms with Gasteiger partial charge in [0.15, 0.2) is 0 Å². The molecule has 2 aromatic carbocycles. The Bertz CT molecular complexity index is 766. The number of nitrogens with one attached hydrogen (secondary N) is 1. The van der Waals surface area contributed by atoms with E-state index in [2.05, 4.69) is 19.2 Å². The molecule has 3 rings (SSSR count). The fourth-order valence-corrected chi connectivity index (χ4v) is 3.22. The fraction of sp³-hybridized carbons (Fsp3) is 0.263. The van der Waals surface area contributed by atoms with Crippen LogP contribution in [0.2, 0.25) is 0 Å². The number of fused-ring (bicyclic) bond motifs is 1. The minimum atomic E-state index is -0.328. The molecule has 1 N–H and O–H groups in total. The van der Waals surface area contributed by atoms with Crippen LogP contribution in [0, 0.1) is 10.1 Å². The molecule has 0 saturated heterocycles. The van der Waals surface area contributed by atoms with Crippen LogP contribution in [-0.2, 0) is 0 Å². The van der Waals surface area contributed by atoms with Crippen molar-refractivity contribution < 1.29 is 4.92 Å². The van der Waals surface area contributed by atoms with Crippen molar-refractivity contribution in [2.75, 3.05) is 5.32 Å². The van der Waals surface area contributed by atoms with E-state index in [9.17, 15) is 10.1 Å². The lowest BCUT2D eigenvalue weighted by Gasteiger charge is -2.28. The molecule has 1 atom stereocenters. The number of nitro benzene ring substituents is 1. The van der Waals surface area contributed by atoms with Crippen molar-refractivity contribution in [1.82, 2.24) is 0 Å². The lowest BCUT2D eigenvalue weighted by molar-refractivity contribution is -0.384. The number of anilines is 1. The molecule has 1 aliphatic rings. The first kappa shape index (κ1) is 15.3. The average molecular weight is 308 g/mol. The Balaban J connectivity index is 2.11. The van der Waals surface area contributed by atoms with Crippen LogP contribution in [0.5, 0.6) is 0 Å². The molecule has 118 valence electrons. The van der Waals surface area contributed by atoms with Crippen LogP contribution in [0.25, 0.3) is 5.70 Å². The second-order valence-electron chi connectivity index (χ2n) is 5.96. The highest BCUT2D eigenvalue weighted by Crippen LogP contribution is 2.41. The van der Waals surface area contributed by atoms with Crippen molar-refractivity contribution in [1.29, 1.82) is 0 Å². The van der Waals surface area contributed by atoms with Gasteiger partial charge < -0.3 is 5.32 Å². The minimum Gasteiger partial charge on any atom is -0.355 e. The number of hydrogen-bond acceptors (Lipinski definition) is 3. The van der Waals surface area contributed by atoms with Gasteiger partial charge in [0.2, 0.25) is 0 Å². The molecule has 4 heteroatoms. The van der Waals surface area contributed by atoms with E-state index in [-0.39, 0.29) is 10.6 Å². The van der Waals surface area contributed by atoms with E-state index in [1.807, 2.05) is 36.4 Å². The average Bonchev–Trinajstić information content (AvgIpc) is 2.57. The third-order valence-corrected chi connectivity index (χ3v) is 4.42. The fourth-order valence-electron chi connectivity index (χ4n) is 3.22. The Kier molecular flexibility index (Phi) is 4.15. The van der Waals surface area contributed by atoms with E-state index in [4.69, 9.17) is 0 Å². The molecule has 0 amide bonds. The summed E-state index contributed by atoms with van der Waals surface area (Å²) in [5.74, 6) is 0.377. The Morgan fingerprint density at radius 2 is 1.96 bits per heavy atom. The molecule has 0 aromatic heterocycles. The van der Waals surface area contributed by atoms with Crippen molar-refractivity contribution in [2.24, 2.45) is 0 Å². The maximum absolute atomic E-state index is 11.2. The van der Waals surface area contributed by atoms with Crippen LogP contribution in [0.3, 0.4) is 0 Å². The smallest absolute Gasteiger partial charge is 0.270 e. The Morgan fingerprint density at radius 1 is 1.22 bits per heavy atom. The molecule has 0 bridgehead atoms. The minimum absolute atomic E-state index is 0.140. The van der Waals surface area contributed by atoms with Gasteiger partial charge in [-0.15, -0.1) is 0 Å². The van der Waals surface area contributed by atoms with Gasteiger partial charge in [-0.3, -0.25) is 10.1 Å². The van der Waals surface area contributed by atoms with Crippen LogP contribution in [0.1, 0.15) is 43.7 Å². The van der Waals surface area contributed by atoms with Crippen molar-refractivity contribution in [2.45, 2.75) is 32.6 Å². The first-order chi connectivity index (χ1) is 11.1. The van der Waals surface area contributed by atoms with Gasteiger partial charge in [-0.25, -0.2) is 0 Å². The van der Waals surface area contributed by atoms with Gasteiger partial charge in [-0.05, 0) is 42.0 Å². The third kappa shape index (κ3) is 2.97. The Morgan fingerprint density at radius 3 is 2.61 bits per heavy atom. The van der Waals surface area contributed by atoms with E-state index in [1.165, 1.54) is 11.1 Å². The van der Waals surface area contributed by atoms with Gasteiger partial charge in [0.1, 0.15) is 0 Å². The molecular weight excluding hydrogens is 288 g/mol. The number of nitro groups is 1. The van der Waals surface area contributed by atoms with Crippen LogP contribution < -0.4 is 5.32 Å². The number of para-hydroxylation sites is 1. The van der Waals surface area contributed by atoms with E-state index >= 15 is 0 Å². The van der Waals surface area contributed by atoms with Gasteiger partial charge in [-0.1, -0.05) is 38.1 Å². The van der Waals surface area contributed by atoms with Gasteiger partial charge in [0, 0.05) is 29.1 Å². The molecule has 1 aliphatic carbocycles. The zero-order valence-corrected chi connectivity index (χ0v) is 13.4. The first-order valence-corrected chi connectivity index (χ1v) is 7.93. The van der Waals surface area contributed by atoms with Crippen LogP contribution in [0.15, 0.2) is 54.1 Å². The maximum Gasteiger partial charge on any atom is 0.270 e. The quantitative estimate of drug-likeness (QED) is 0.613. The summed E-state index contributed by atoms with van der Waals surface area (Å²) in [6.07, 6.45) is 1.91. The molecule has 0 fully saturated rings. The van der Waals surface area contributed by atoms with Crippen LogP contribution in [-0.4, -0.2) is 4.92 Å². The van der Waals surface area contributed by atoms with Crippen molar-refractivity contribution in [3.05, 3.63) is 75.3 Å². The second kappa shape index (κ2) is 6.24. The van der Waals surface area contributed by atoms with Crippen LogP contribution >= 0.6 is 0 Å². The van der Waals surface area contributed by atoms with Gasteiger partial charge in [-0.2, -0.15) is 0 Å². The number of allylic oxidation sites excluding steroid dienone is 1. The van der Waals surface area contributed by atoms with Crippen molar-refractivity contribution in [3.63, 3.8) is 0 Å². The molecule has 23 heavy (non-hydrogen) atoms.